The molecule has 1 aliphatic rings. The van der Waals surface area contributed by atoms with Crippen molar-refractivity contribution in [3.8, 4) is 11.3 Å². The lowest BCUT2D eigenvalue weighted by atomic mass is 10.0. The van der Waals surface area contributed by atoms with Gasteiger partial charge in [0.05, 0.1) is 12.6 Å². The van der Waals surface area contributed by atoms with E-state index in [0.29, 0.717) is 24.4 Å². The molecule has 3 N–H and O–H groups in total. The normalized spacial score (nSPS) is 15.4. The molecule has 11 nitrogen and oxygen atoms in total. The number of nitrogens with zero attached hydrogens (tertiary/aromatic N) is 4. The zero-order valence-electron chi connectivity index (χ0n) is 22.9. The van der Waals surface area contributed by atoms with E-state index in [1.165, 1.54) is 16.9 Å². The molecule has 3 aromatic rings. The Kier molecular flexibility index (Phi) is 8.36. The topological polar surface area (TPSA) is 142 Å². The van der Waals surface area contributed by atoms with Crippen molar-refractivity contribution in [1.29, 1.82) is 0 Å². The second kappa shape index (κ2) is 11.7. The number of rotatable bonds is 6. The van der Waals surface area contributed by atoms with Crippen LogP contribution < -0.4 is 11.2 Å². The number of amides is 2. The molecular weight excluding hydrogens is 519 g/mol. The van der Waals surface area contributed by atoms with Crippen LogP contribution in [-0.4, -0.2) is 56.3 Å². The molecule has 1 aliphatic heterocycles. The highest BCUT2D eigenvalue weighted by molar-refractivity contribution is 6.04. The minimum atomic E-state index is -0.683. The van der Waals surface area contributed by atoms with E-state index in [0.717, 1.165) is 18.9 Å². The molecule has 4 rings (SSSR count). The lowest BCUT2D eigenvalue weighted by Crippen LogP contribution is -2.43. The van der Waals surface area contributed by atoms with E-state index in [9.17, 15) is 18.8 Å². The van der Waals surface area contributed by atoms with E-state index in [1.807, 2.05) is 0 Å². The summed E-state index contributed by atoms with van der Waals surface area (Å²) in [6, 6.07) is 8.10. The number of pyridine rings is 1. The van der Waals surface area contributed by atoms with Gasteiger partial charge in [0.25, 0.3) is 5.91 Å². The predicted molar refractivity (Wildman–Crippen MR) is 145 cm³/mol. The molecule has 1 atom stereocenters. The Morgan fingerprint density at radius 1 is 1.15 bits per heavy atom. The fourth-order valence-corrected chi connectivity index (χ4v) is 4.46. The first-order valence-corrected chi connectivity index (χ1v) is 13.1. The first-order valence-electron chi connectivity index (χ1n) is 13.1. The number of halogens is 1. The molecule has 0 saturated carbocycles. The predicted octanol–water partition coefficient (Wildman–Crippen LogP) is 4.69. The van der Waals surface area contributed by atoms with Gasteiger partial charge in [-0.2, -0.15) is 0 Å². The number of anilines is 1. The van der Waals surface area contributed by atoms with Gasteiger partial charge in [0.15, 0.2) is 11.5 Å². The summed E-state index contributed by atoms with van der Waals surface area (Å²) in [5.74, 6) is 5.16. The Hall–Kier alpha value is -4.48. The van der Waals surface area contributed by atoms with Crippen LogP contribution in [0.1, 0.15) is 79.7 Å². The fourth-order valence-electron chi connectivity index (χ4n) is 4.46. The van der Waals surface area contributed by atoms with Gasteiger partial charge in [-0.3, -0.25) is 9.69 Å². The molecule has 0 unspecified atom stereocenters. The van der Waals surface area contributed by atoms with Crippen LogP contribution in [0.2, 0.25) is 0 Å². The van der Waals surface area contributed by atoms with Crippen LogP contribution in [0.3, 0.4) is 0 Å². The van der Waals surface area contributed by atoms with Crippen molar-refractivity contribution in [2.24, 2.45) is 0 Å². The number of carbonyl (C=O) groups is 3. The first kappa shape index (κ1) is 28.5. The van der Waals surface area contributed by atoms with Gasteiger partial charge in [-0.25, -0.2) is 28.6 Å². The fraction of sp³-hybridized carbons (Fsp3) is 0.393. The summed E-state index contributed by atoms with van der Waals surface area (Å²) in [5, 5.41) is 2.54. The van der Waals surface area contributed by atoms with Gasteiger partial charge in [0.1, 0.15) is 22.9 Å². The van der Waals surface area contributed by atoms with Crippen LogP contribution in [-0.2, 0) is 9.47 Å². The monoisotopic (exact) mass is 552 g/mol. The van der Waals surface area contributed by atoms with Crippen molar-refractivity contribution in [2.75, 3.05) is 24.3 Å². The summed E-state index contributed by atoms with van der Waals surface area (Å²) < 4.78 is 25.5. The standard InChI is InChI=1S/C28H33FN6O5/c1-5-39-26(37)23-22(17-9-11-18(12-10-17)25(36)32-21-16-19(29)13-14-31-21)33-24(35(23)30)20-8-6-7-15-34(20)27(38)40-28(2,3)4/h9-14,16,20H,5-8,15,30H2,1-4H3,(H,31,32,36)/t20-/m0/s1. The number of likely N-dealkylation sites (tertiary alicyclic amines) is 1. The van der Waals surface area contributed by atoms with Crippen LogP contribution in [0, 0.1) is 5.82 Å². The van der Waals surface area contributed by atoms with E-state index in [4.69, 9.17) is 20.3 Å². The van der Waals surface area contributed by atoms with Crippen molar-refractivity contribution in [3.63, 3.8) is 0 Å². The average molecular weight is 553 g/mol. The highest BCUT2D eigenvalue weighted by Crippen LogP contribution is 2.35. The molecule has 0 radical (unpaired) electrons. The van der Waals surface area contributed by atoms with Crippen molar-refractivity contribution in [1.82, 2.24) is 19.5 Å². The lowest BCUT2D eigenvalue weighted by Gasteiger charge is -2.36. The highest BCUT2D eigenvalue weighted by Gasteiger charge is 2.36. The van der Waals surface area contributed by atoms with E-state index in [-0.39, 0.29) is 29.4 Å². The number of hydrogen-bond donors (Lipinski definition) is 2. The van der Waals surface area contributed by atoms with Crippen molar-refractivity contribution in [2.45, 2.75) is 58.6 Å². The minimum Gasteiger partial charge on any atom is -0.461 e. The molecular formula is C28H33FN6O5. The number of ether oxygens (including phenoxy) is 2. The van der Waals surface area contributed by atoms with Crippen molar-refractivity contribution in [3.05, 3.63) is 65.5 Å². The lowest BCUT2D eigenvalue weighted by molar-refractivity contribution is 0.00820. The van der Waals surface area contributed by atoms with Gasteiger partial charge >= 0.3 is 12.1 Å². The zero-order valence-corrected chi connectivity index (χ0v) is 22.9. The van der Waals surface area contributed by atoms with E-state index >= 15 is 0 Å². The molecule has 1 saturated heterocycles. The molecule has 3 heterocycles. The molecule has 12 heteroatoms. The summed E-state index contributed by atoms with van der Waals surface area (Å²) in [5.41, 5.74) is 0.381. The Morgan fingerprint density at radius 2 is 1.88 bits per heavy atom. The summed E-state index contributed by atoms with van der Waals surface area (Å²) in [4.78, 5) is 48.9. The van der Waals surface area contributed by atoms with Crippen LogP contribution in [0.4, 0.5) is 15.0 Å². The van der Waals surface area contributed by atoms with E-state index in [2.05, 4.69) is 10.3 Å². The number of piperidine rings is 1. The highest BCUT2D eigenvalue weighted by atomic mass is 19.1. The molecule has 1 fully saturated rings. The molecule has 0 aliphatic carbocycles. The number of carbonyl (C=O) groups excluding carboxylic acids is 3. The minimum absolute atomic E-state index is 0.0210. The Morgan fingerprint density at radius 3 is 2.52 bits per heavy atom. The number of nitrogens with two attached hydrogens (primary N) is 1. The summed E-state index contributed by atoms with van der Waals surface area (Å²) in [6.45, 7) is 7.65. The van der Waals surface area contributed by atoms with Gasteiger partial charge < -0.3 is 20.6 Å². The quantitative estimate of drug-likeness (QED) is 0.331. The Labute approximate surface area is 231 Å². The number of hydrogen-bond acceptors (Lipinski definition) is 8. The number of esters is 1. The van der Waals surface area contributed by atoms with Crippen molar-refractivity contribution >= 4 is 23.8 Å². The van der Waals surface area contributed by atoms with Crippen LogP contribution >= 0.6 is 0 Å². The third kappa shape index (κ3) is 6.38. The summed E-state index contributed by atoms with van der Waals surface area (Å²) in [6.07, 6.45) is 2.99. The smallest absolute Gasteiger partial charge is 0.410 e. The zero-order chi connectivity index (χ0) is 29.0. The molecule has 2 aromatic heterocycles. The maximum absolute atomic E-state index is 13.5. The Bertz CT molecular complexity index is 1400. The van der Waals surface area contributed by atoms with Crippen LogP contribution in [0.15, 0.2) is 42.6 Å². The third-order valence-electron chi connectivity index (χ3n) is 6.22. The third-order valence-corrected chi connectivity index (χ3v) is 6.22. The van der Waals surface area contributed by atoms with Gasteiger partial charge in [-0.05, 0) is 65.2 Å². The van der Waals surface area contributed by atoms with Crippen LogP contribution in [0.5, 0.6) is 0 Å². The SMILES string of the molecule is CCOC(=O)c1c(-c2ccc(C(=O)Nc3cc(F)ccn3)cc2)nc([C@@H]2CCCCN2C(=O)OC(C)(C)C)n1N. The second-order valence-electron chi connectivity index (χ2n) is 10.3. The average Bonchev–Trinajstić information content (AvgIpc) is 3.25. The number of nitrogen functional groups attached to an aromatic ring is 1. The maximum Gasteiger partial charge on any atom is 0.410 e. The van der Waals surface area contributed by atoms with Gasteiger partial charge in [-0.1, -0.05) is 12.1 Å². The molecule has 0 spiro atoms. The largest absolute Gasteiger partial charge is 0.461 e. The summed E-state index contributed by atoms with van der Waals surface area (Å²) >= 11 is 0. The molecule has 1 aromatic carbocycles. The van der Waals surface area contributed by atoms with Gasteiger partial charge in [-0.15, -0.1) is 0 Å². The van der Waals surface area contributed by atoms with E-state index in [1.54, 1.807) is 56.9 Å². The Balaban J connectivity index is 1.68. The second-order valence-corrected chi connectivity index (χ2v) is 10.3. The number of aromatic nitrogens is 3. The van der Waals surface area contributed by atoms with Gasteiger partial charge in [0, 0.05) is 29.9 Å². The number of nitrogens with one attached hydrogen (secondary N) is 1. The number of benzene rings is 1. The first-order chi connectivity index (χ1) is 19.0. The van der Waals surface area contributed by atoms with Crippen LogP contribution in [0.25, 0.3) is 11.3 Å². The maximum atomic E-state index is 13.5. The molecule has 2 amide bonds. The molecule has 0 bridgehead atoms. The summed E-state index contributed by atoms with van der Waals surface area (Å²) in [7, 11) is 0. The van der Waals surface area contributed by atoms with Crippen molar-refractivity contribution < 1.29 is 28.2 Å². The molecule has 212 valence electrons. The van der Waals surface area contributed by atoms with E-state index < -0.39 is 35.4 Å². The van der Waals surface area contributed by atoms with Gasteiger partial charge in [0.2, 0.25) is 0 Å². The molecule has 40 heavy (non-hydrogen) atoms. The number of imidazole rings is 1.